The summed E-state index contributed by atoms with van der Waals surface area (Å²) >= 11 is 9.34. The van der Waals surface area contributed by atoms with Crippen LogP contribution in [0.5, 0.6) is 11.6 Å². The number of hydrogen-bond acceptors (Lipinski definition) is 4. The van der Waals surface area contributed by atoms with E-state index in [4.69, 9.17) is 16.3 Å². The number of nitrogens with zero attached hydrogens (tertiary/aromatic N) is 2. The van der Waals surface area contributed by atoms with E-state index in [1.54, 1.807) is 30.3 Å². The van der Waals surface area contributed by atoms with Gasteiger partial charge in [0.25, 0.3) is 5.91 Å². The Kier molecular flexibility index (Phi) is 4.92. The summed E-state index contributed by atoms with van der Waals surface area (Å²) in [6, 6.07) is 8.34. The van der Waals surface area contributed by atoms with Gasteiger partial charge in [-0.25, -0.2) is 0 Å². The molecule has 0 unspecified atom stereocenters. The Morgan fingerprint density at radius 3 is 2.80 bits per heavy atom. The van der Waals surface area contributed by atoms with Gasteiger partial charge in [-0.05, 0) is 31.2 Å². The summed E-state index contributed by atoms with van der Waals surface area (Å²) in [4.78, 5) is 11.5. The van der Waals surface area contributed by atoms with Crippen LogP contribution in [0, 0.1) is 0 Å². The zero-order valence-electron chi connectivity index (χ0n) is 10.6. The molecule has 0 aliphatic carbocycles. The molecule has 0 saturated heterocycles. The largest absolute Gasteiger partial charge is 0.436 e. The predicted octanol–water partition coefficient (Wildman–Crippen LogP) is 3.43. The minimum Gasteiger partial charge on any atom is -0.436 e. The average Bonchev–Trinajstić information content (AvgIpc) is 2.44. The molecule has 2 aromatic rings. The molecule has 1 amide bonds. The standard InChI is InChI=1S/C13H11BrClN3O2/c1-2-16-13(19)10-5-6-12(18-17-10)20-11-7-8(14)3-4-9(11)15/h3-7H,2H2,1H3,(H,16,19). The van der Waals surface area contributed by atoms with Gasteiger partial charge < -0.3 is 10.1 Å². The van der Waals surface area contributed by atoms with Crippen molar-refractivity contribution in [3.63, 3.8) is 0 Å². The molecule has 0 aliphatic rings. The van der Waals surface area contributed by atoms with Crippen LogP contribution in [0.2, 0.25) is 5.02 Å². The lowest BCUT2D eigenvalue weighted by Crippen LogP contribution is -2.23. The fourth-order valence-electron chi connectivity index (χ4n) is 1.41. The van der Waals surface area contributed by atoms with E-state index in [1.165, 1.54) is 0 Å². The van der Waals surface area contributed by atoms with E-state index in [2.05, 4.69) is 31.4 Å². The first-order valence-electron chi connectivity index (χ1n) is 5.85. The fraction of sp³-hybridized carbons (Fsp3) is 0.154. The van der Waals surface area contributed by atoms with Crippen LogP contribution >= 0.6 is 27.5 Å². The highest BCUT2D eigenvalue weighted by molar-refractivity contribution is 9.10. The number of benzene rings is 1. The van der Waals surface area contributed by atoms with Crippen molar-refractivity contribution in [3.8, 4) is 11.6 Å². The number of amides is 1. The van der Waals surface area contributed by atoms with Crippen LogP contribution in [-0.2, 0) is 0 Å². The average molecular weight is 357 g/mol. The Morgan fingerprint density at radius 2 is 2.15 bits per heavy atom. The van der Waals surface area contributed by atoms with Crippen molar-refractivity contribution in [2.75, 3.05) is 6.54 Å². The molecule has 7 heteroatoms. The van der Waals surface area contributed by atoms with Crippen molar-refractivity contribution in [2.45, 2.75) is 6.92 Å². The molecule has 5 nitrogen and oxygen atoms in total. The Hall–Kier alpha value is -1.66. The normalized spacial score (nSPS) is 10.2. The van der Waals surface area contributed by atoms with Gasteiger partial charge in [-0.3, -0.25) is 4.79 Å². The van der Waals surface area contributed by atoms with Crippen LogP contribution in [0.25, 0.3) is 0 Å². The molecule has 1 aromatic carbocycles. The van der Waals surface area contributed by atoms with E-state index in [0.29, 0.717) is 17.3 Å². The van der Waals surface area contributed by atoms with E-state index in [0.717, 1.165) is 4.47 Å². The maximum absolute atomic E-state index is 11.5. The van der Waals surface area contributed by atoms with Gasteiger partial charge in [0.1, 0.15) is 5.75 Å². The van der Waals surface area contributed by atoms with Crippen molar-refractivity contribution in [3.05, 3.63) is 45.5 Å². The minimum atomic E-state index is -0.271. The summed E-state index contributed by atoms with van der Waals surface area (Å²) in [5.41, 5.74) is 0.236. The maximum atomic E-state index is 11.5. The Bertz CT molecular complexity index is 620. The SMILES string of the molecule is CCNC(=O)c1ccc(Oc2cc(Br)ccc2Cl)nn1. The first-order chi connectivity index (χ1) is 9.60. The molecule has 0 atom stereocenters. The monoisotopic (exact) mass is 355 g/mol. The molecule has 0 fully saturated rings. The molecule has 1 aromatic heterocycles. The molecule has 20 heavy (non-hydrogen) atoms. The lowest BCUT2D eigenvalue weighted by atomic mass is 10.3. The summed E-state index contributed by atoms with van der Waals surface area (Å²) in [5, 5.41) is 10.7. The van der Waals surface area contributed by atoms with E-state index < -0.39 is 0 Å². The third-order valence-corrected chi connectivity index (χ3v) is 3.12. The third-order valence-electron chi connectivity index (χ3n) is 2.32. The van der Waals surface area contributed by atoms with Gasteiger partial charge in [-0.1, -0.05) is 27.5 Å². The fourth-order valence-corrected chi connectivity index (χ4v) is 1.91. The second kappa shape index (κ2) is 6.67. The van der Waals surface area contributed by atoms with Gasteiger partial charge in [0.05, 0.1) is 5.02 Å². The number of carbonyl (C=O) groups excluding carboxylic acids is 1. The summed E-state index contributed by atoms with van der Waals surface area (Å²) in [6.07, 6.45) is 0. The first-order valence-corrected chi connectivity index (χ1v) is 7.02. The van der Waals surface area contributed by atoms with Gasteiger partial charge in [0.15, 0.2) is 5.69 Å². The lowest BCUT2D eigenvalue weighted by Gasteiger charge is -2.07. The van der Waals surface area contributed by atoms with Gasteiger partial charge in [-0.2, -0.15) is 0 Å². The molecule has 1 heterocycles. The Morgan fingerprint density at radius 1 is 1.35 bits per heavy atom. The zero-order valence-corrected chi connectivity index (χ0v) is 12.9. The van der Waals surface area contributed by atoms with Crippen molar-refractivity contribution >= 4 is 33.4 Å². The summed E-state index contributed by atoms with van der Waals surface area (Å²) in [6.45, 7) is 2.37. The second-order valence-electron chi connectivity index (χ2n) is 3.79. The number of hydrogen-bond donors (Lipinski definition) is 1. The second-order valence-corrected chi connectivity index (χ2v) is 5.12. The molecule has 0 spiro atoms. The van der Waals surface area contributed by atoms with Crippen molar-refractivity contribution in [2.24, 2.45) is 0 Å². The predicted molar refractivity (Wildman–Crippen MR) is 79.3 cm³/mol. The van der Waals surface area contributed by atoms with Crippen LogP contribution in [0.15, 0.2) is 34.8 Å². The number of carbonyl (C=O) groups is 1. The number of ether oxygens (including phenoxy) is 1. The van der Waals surface area contributed by atoms with Crippen LogP contribution in [0.1, 0.15) is 17.4 Å². The molecule has 2 rings (SSSR count). The van der Waals surface area contributed by atoms with Crippen LogP contribution < -0.4 is 10.1 Å². The maximum Gasteiger partial charge on any atom is 0.271 e. The molecule has 0 aliphatic heterocycles. The summed E-state index contributed by atoms with van der Waals surface area (Å²) in [5.74, 6) is 0.450. The molecule has 0 saturated carbocycles. The van der Waals surface area contributed by atoms with E-state index in [1.807, 2.05) is 6.92 Å². The summed E-state index contributed by atoms with van der Waals surface area (Å²) < 4.78 is 6.35. The van der Waals surface area contributed by atoms with Gasteiger partial charge in [0.2, 0.25) is 5.88 Å². The first kappa shape index (κ1) is 14.7. The molecular formula is C13H11BrClN3O2. The molecule has 1 N–H and O–H groups in total. The number of rotatable bonds is 4. The molecule has 0 bridgehead atoms. The molecule has 104 valence electrons. The minimum absolute atomic E-state index is 0.236. The molecule has 0 radical (unpaired) electrons. The molecular weight excluding hydrogens is 346 g/mol. The van der Waals surface area contributed by atoms with Gasteiger partial charge >= 0.3 is 0 Å². The van der Waals surface area contributed by atoms with Crippen molar-refractivity contribution in [1.82, 2.24) is 15.5 Å². The van der Waals surface area contributed by atoms with E-state index in [9.17, 15) is 4.79 Å². The van der Waals surface area contributed by atoms with E-state index in [-0.39, 0.29) is 17.5 Å². The Balaban J connectivity index is 2.14. The van der Waals surface area contributed by atoms with Crippen LogP contribution in [0.4, 0.5) is 0 Å². The number of halogens is 2. The lowest BCUT2D eigenvalue weighted by molar-refractivity contribution is 0.0949. The summed E-state index contributed by atoms with van der Waals surface area (Å²) in [7, 11) is 0. The highest BCUT2D eigenvalue weighted by Gasteiger charge is 2.09. The third kappa shape index (κ3) is 3.68. The van der Waals surface area contributed by atoms with Crippen molar-refractivity contribution < 1.29 is 9.53 Å². The number of aromatic nitrogens is 2. The van der Waals surface area contributed by atoms with E-state index >= 15 is 0 Å². The zero-order chi connectivity index (χ0) is 14.5. The number of nitrogens with one attached hydrogen (secondary N) is 1. The van der Waals surface area contributed by atoms with Crippen molar-refractivity contribution in [1.29, 1.82) is 0 Å². The van der Waals surface area contributed by atoms with Gasteiger partial charge in [0, 0.05) is 17.1 Å². The highest BCUT2D eigenvalue weighted by atomic mass is 79.9. The topological polar surface area (TPSA) is 64.1 Å². The van der Waals surface area contributed by atoms with Gasteiger partial charge in [-0.15, -0.1) is 10.2 Å². The highest BCUT2D eigenvalue weighted by Crippen LogP contribution is 2.30. The van der Waals surface area contributed by atoms with Crippen LogP contribution in [0.3, 0.4) is 0 Å². The quantitative estimate of drug-likeness (QED) is 0.911. The Labute approximate surface area is 129 Å². The van der Waals surface area contributed by atoms with Crippen LogP contribution in [-0.4, -0.2) is 22.6 Å². The smallest absolute Gasteiger partial charge is 0.271 e.